The number of aromatic nitrogens is 1. The number of benzene rings is 1. The van der Waals surface area contributed by atoms with Gasteiger partial charge in [-0.1, -0.05) is 53.5 Å². The van der Waals surface area contributed by atoms with Crippen LogP contribution < -0.4 is 10.6 Å². The Hall–Kier alpha value is -3.36. The highest BCUT2D eigenvalue weighted by Crippen LogP contribution is 2.22. The Kier molecular flexibility index (Phi) is 7.64. The summed E-state index contributed by atoms with van der Waals surface area (Å²) in [7, 11) is 0. The molecule has 160 valence electrons. The van der Waals surface area contributed by atoms with Crippen LogP contribution in [0.25, 0.3) is 0 Å². The van der Waals surface area contributed by atoms with Crippen LogP contribution in [0.2, 0.25) is 10.0 Å². The van der Waals surface area contributed by atoms with Crippen LogP contribution in [-0.4, -0.2) is 35.4 Å². The van der Waals surface area contributed by atoms with Gasteiger partial charge in [0.25, 0.3) is 11.8 Å². The van der Waals surface area contributed by atoms with E-state index in [-0.39, 0.29) is 23.0 Å². The SMILES string of the molecule is O=C(COC(=O)[C@H](Cc1ccccc1)NC(=O)c1ccco1)Nc1ncc(Cl)cc1Cl. The number of halogens is 2. The lowest BCUT2D eigenvalue weighted by Gasteiger charge is -2.17. The van der Waals surface area contributed by atoms with Crippen LogP contribution in [0, 0.1) is 0 Å². The number of hydrogen-bond donors (Lipinski definition) is 2. The number of furan rings is 1. The number of hydrogen-bond acceptors (Lipinski definition) is 6. The monoisotopic (exact) mass is 461 g/mol. The van der Waals surface area contributed by atoms with Crippen molar-refractivity contribution in [2.75, 3.05) is 11.9 Å². The number of rotatable bonds is 8. The van der Waals surface area contributed by atoms with Gasteiger partial charge in [0.15, 0.2) is 18.2 Å². The highest BCUT2D eigenvalue weighted by atomic mass is 35.5. The first kappa shape index (κ1) is 22.3. The summed E-state index contributed by atoms with van der Waals surface area (Å²) in [6.07, 6.45) is 2.83. The van der Waals surface area contributed by atoms with E-state index in [0.717, 1.165) is 5.56 Å². The third-order valence-electron chi connectivity index (χ3n) is 4.03. The molecule has 3 rings (SSSR count). The smallest absolute Gasteiger partial charge is 0.329 e. The highest BCUT2D eigenvalue weighted by molar-refractivity contribution is 6.36. The number of amides is 2. The quantitative estimate of drug-likeness (QED) is 0.496. The van der Waals surface area contributed by atoms with E-state index in [2.05, 4.69) is 15.6 Å². The summed E-state index contributed by atoms with van der Waals surface area (Å²) in [5, 5.41) is 5.44. The normalized spacial score (nSPS) is 11.4. The molecular weight excluding hydrogens is 445 g/mol. The van der Waals surface area contributed by atoms with Crippen molar-refractivity contribution < 1.29 is 23.5 Å². The molecule has 3 aromatic rings. The zero-order valence-corrected chi connectivity index (χ0v) is 17.5. The molecule has 0 bridgehead atoms. The summed E-state index contributed by atoms with van der Waals surface area (Å²) in [4.78, 5) is 41.0. The van der Waals surface area contributed by atoms with Crippen molar-refractivity contribution in [3.8, 4) is 0 Å². The topological polar surface area (TPSA) is 111 Å². The summed E-state index contributed by atoms with van der Waals surface area (Å²) in [6.45, 7) is -0.596. The average molecular weight is 462 g/mol. The lowest BCUT2D eigenvalue weighted by molar-refractivity contribution is -0.149. The molecule has 0 fully saturated rings. The summed E-state index contributed by atoms with van der Waals surface area (Å²) >= 11 is 11.7. The van der Waals surface area contributed by atoms with E-state index in [1.54, 1.807) is 18.2 Å². The van der Waals surface area contributed by atoms with Crippen molar-refractivity contribution in [3.63, 3.8) is 0 Å². The number of carbonyl (C=O) groups excluding carboxylic acids is 3. The van der Waals surface area contributed by atoms with Crippen LogP contribution in [-0.2, 0) is 20.7 Å². The molecule has 1 atom stereocenters. The number of carbonyl (C=O) groups is 3. The van der Waals surface area contributed by atoms with E-state index in [1.165, 1.54) is 24.6 Å². The van der Waals surface area contributed by atoms with E-state index >= 15 is 0 Å². The molecule has 0 aliphatic heterocycles. The van der Waals surface area contributed by atoms with Crippen LogP contribution >= 0.6 is 23.2 Å². The standard InChI is InChI=1S/C21H17Cl2N3O5/c22-14-10-15(23)19(24-11-14)26-18(27)12-31-21(29)16(9-13-5-2-1-3-6-13)25-20(28)17-7-4-8-30-17/h1-8,10-11,16H,9,12H2,(H,25,28)(H,24,26,27)/t16-/m0/s1. The number of nitrogens with zero attached hydrogens (tertiary/aromatic N) is 1. The van der Waals surface area contributed by atoms with Gasteiger partial charge in [-0.05, 0) is 23.8 Å². The third-order valence-corrected chi connectivity index (χ3v) is 4.52. The van der Waals surface area contributed by atoms with E-state index in [9.17, 15) is 14.4 Å². The van der Waals surface area contributed by atoms with E-state index in [1.807, 2.05) is 18.2 Å². The van der Waals surface area contributed by atoms with Crippen LogP contribution in [0.4, 0.5) is 5.82 Å². The minimum atomic E-state index is -1.04. The van der Waals surface area contributed by atoms with Crippen LogP contribution in [0.1, 0.15) is 16.1 Å². The molecule has 0 aliphatic carbocycles. The Morgan fingerprint density at radius 2 is 1.87 bits per heavy atom. The summed E-state index contributed by atoms with van der Waals surface area (Å²) < 4.78 is 10.2. The predicted octanol–water partition coefficient (Wildman–Crippen LogP) is 3.50. The van der Waals surface area contributed by atoms with E-state index in [4.69, 9.17) is 32.4 Å². The predicted molar refractivity (Wildman–Crippen MR) is 114 cm³/mol. The molecule has 0 aliphatic rings. The van der Waals surface area contributed by atoms with Crippen molar-refractivity contribution in [2.45, 2.75) is 12.5 Å². The van der Waals surface area contributed by atoms with Gasteiger partial charge in [-0.2, -0.15) is 0 Å². The average Bonchev–Trinajstić information content (AvgIpc) is 3.29. The van der Waals surface area contributed by atoms with Gasteiger partial charge in [0, 0.05) is 12.6 Å². The van der Waals surface area contributed by atoms with Gasteiger partial charge in [0.05, 0.1) is 16.3 Å². The van der Waals surface area contributed by atoms with Gasteiger partial charge >= 0.3 is 5.97 Å². The number of esters is 1. The molecule has 2 N–H and O–H groups in total. The molecule has 31 heavy (non-hydrogen) atoms. The molecule has 2 amide bonds. The van der Waals surface area contributed by atoms with E-state index in [0.29, 0.717) is 5.02 Å². The van der Waals surface area contributed by atoms with Crippen LogP contribution in [0.3, 0.4) is 0 Å². The lowest BCUT2D eigenvalue weighted by atomic mass is 10.1. The highest BCUT2D eigenvalue weighted by Gasteiger charge is 2.25. The maximum atomic E-state index is 12.6. The molecule has 2 heterocycles. The van der Waals surface area contributed by atoms with Crippen molar-refractivity contribution in [3.05, 3.63) is 82.4 Å². The fourth-order valence-corrected chi connectivity index (χ4v) is 3.02. The molecule has 0 radical (unpaired) electrons. The maximum Gasteiger partial charge on any atom is 0.329 e. The third kappa shape index (κ3) is 6.56. The fraction of sp³-hybridized carbons (Fsp3) is 0.143. The van der Waals surface area contributed by atoms with Gasteiger partial charge in [-0.3, -0.25) is 9.59 Å². The van der Waals surface area contributed by atoms with Gasteiger partial charge in [0.2, 0.25) is 0 Å². The largest absolute Gasteiger partial charge is 0.459 e. The number of anilines is 1. The first-order valence-electron chi connectivity index (χ1n) is 9.08. The van der Waals surface area contributed by atoms with E-state index < -0.39 is 30.4 Å². The maximum absolute atomic E-state index is 12.6. The van der Waals surface area contributed by atoms with Gasteiger partial charge in [-0.25, -0.2) is 9.78 Å². The van der Waals surface area contributed by atoms with Crippen LogP contribution in [0.15, 0.2) is 65.4 Å². The molecular formula is C21H17Cl2N3O5. The summed E-state index contributed by atoms with van der Waals surface area (Å²) in [5.74, 6) is -1.88. The minimum Gasteiger partial charge on any atom is -0.459 e. The molecule has 0 unspecified atom stereocenters. The number of nitrogens with one attached hydrogen (secondary N) is 2. The van der Waals surface area contributed by atoms with Gasteiger partial charge in [-0.15, -0.1) is 0 Å². The number of pyridine rings is 1. The Labute approximate surface area is 187 Å². The second-order valence-electron chi connectivity index (χ2n) is 6.33. The Balaban J connectivity index is 1.62. The zero-order chi connectivity index (χ0) is 22.2. The van der Waals surface area contributed by atoms with Gasteiger partial charge in [0.1, 0.15) is 6.04 Å². The van der Waals surface area contributed by atoms with Crippen molar-refractivity contribution in [2.24, 2.45) is 0 Å². The lowest BCUT2D eigenvalue weighted by Crippen LogP contribution is -2.44. The molecule has 1 aromatic carbocycles. The molecule has 0 saturated heterocycles. The second-order valence-corrected chi connectivity index (χ2v) is 7.18. The van der Waals surface area contributed by atoms with Crippen molar-refractivity contribution >= 4 is 46.8 Å². The summed E-state index contributed by atoms with van der Waals surface area (Å²) in [6, 6.07) is 12.5. The molecule has 10 heteroatoms. The number of ether oxygens (including phenoxy) is 1. The Bertz CT molecular complexity index is 1060. The Morgan fingerprint density at radius 3 is 2.55 bits per heavy atom. The second kappa shape index (κ2) is 10.6. The molecule has 0 saturated carbocycles. The fourth-order valence-electron chi connectivity index (χ4n) is 2.59. The van der Waals surface area contributed by atoms with Gasteiger partial charge < -0.3 is 19.8 Å². The first-order chi connectivity index (χ1) is 14.9. The molecule has 0 spiro atoms. The minimum absolute atomic E-state index is 0.0482. The molecule has 2 aromatic heterocycles. The van der Waals surface area contributed by atoms with Crippen LogP contribution in [0.5, 0.6) is 0 Å². The molecule has 8 nitrogen and oxygen atoms in total. The van der Waals surface area contributed by atoms with Crippen molar-refractivity contribution in [1.29, 1.82) is 0 Å². The first-order valence-corrected chi connectivity index (χ1v) is 9.84. The van der Waals surface area contributed by atoms with Crippen molar-refractivity contribution in [1.82, 2.24) is 10.3 Å². The zero-order valence-electron chi connectivity index (χ0n) is 16.0. The Morgan fingerprint density at radius 1 is 1.10 bits per heavy atom. The summed E-state index contributed by atoms with van der Waals surface area (Å²) in [5.41, 5.74) is 0.797.